The normalized spacial score (nSPS) is 19.0. The second kappa shape index (κ2) is 5.45. The van der Waals surface area contributed by atoms with E-state index >= 15 is 0 Å². The number of thioether (sulfide) groups is 1. The zero-order valence-corrected chi connectivity index (χ0v) is 12.4. The van der Waals surface area contributed by atoms with Gasteiger partial charge < -0.3 is 9.32 Å². The third-order valence-electron chi connectivity index (χ3n) is 3.84. The molecule has 2 aromatic carbocycles. The minimum atomic E-state index is 0.331. The van der Waals surface area contributed by atoms with Crippen molar-refractivity contribution in [1.82, 2.24) is 4.98 Å². The average Bonchev–Trinajstić information content (AvgIpc) is 2.99. The van der Waals surface area contributed by atoms with Gasteiger partial charge in [0.05, 0.1) is 6.04 Å². The molecule has 0 amide bonds. The van der Waals surface area contributed by atoms with Gasteiger partial charge in [0.1, 0.15) is 5.52 Å². The van der Waals surface area contributed by atoms with Gasteiger partial charge in [-0.2, -0.15) is 16.7 Å². The lowest BCUT2D eigenvalue weighted by Crippen LogP contribution is -2.36. The minimum Gasteiger partial charge on any atom is -0.423 e. The summed E-state index contributed by atoms with van der Waals surface area (Å²) in [6.45, 7) is 0.969. The van der Waals surface area contributed by atoms with E-state index in [-0.39, 0.29) is 0 Å². The van der Waals surface area contributed by atoms with Crippen molar-refractivity contribution in [3.63, 3.8) is 0 Å². The van der Waals surface area contributed by atoms with Crippen molar-refractivity contribution in [3.8, 4) is 0 Å². The summed E-state index contributed by atoms with van der Waals surface area (Å²) < 4.78 is 5.96. The van der Waals surface area contributed by atoms with Crippen LogP contribution >= 0.6 is 11.8 Å². The van der Waals surface area contributed by atoms with Crippen LogP contribution in [0.4, 0.5) is 6.01 Å². The molecule has 0 N–H and O–H groups in total. The van der Waals surface area contributed by atoms with Crippen LogP contribution in [0.5, 0.6) is 0 Å². The summed E-state index contributed by atoms with van der Waals surface area (Å²) in [5.41, 5.74) is 3.11. The van der Waals surface area contributed by atoms with E-state index in [4.69, 9.17) is 4.42 Å². The highest BCUT2D eigenvalue weighted by Crippen LogP contribution is 2.34. The van der Waals surface area contributed by atoms with Gasteiger partial charge in [0, 0.05) is 18.1 Å². The molecule has 3 aromatic rings. The first-order valence-electron chi connectivity index (χ1n) is 7.17. The van der Waals surface area contributed by atoms with Crippen LogP contribution in [0, 0.1) is 0 Å². The first-order chi connectivity index (χ1) is 10.4. The monoisotopic (exact) mass is 296 g/mol. The van der Waals surface area contributed by atoms with Gasteiger partial charge in [-0.15, -0.1) is 0 Å². The average molecular weight is 296 g/mol. The summed E-state index contributed by atoms with van der Waals surface area (Å²) in [5, 5.41) is 0. The van der Waals surface area contributed by atoms with Crippen molar-refractivity contribution in [3.05, 3.63) is 60.2 Å². The van der Waals surface area contributed by atoms with Crippen LogP contribution in [0.25, 0.3) is 11.1 Å². The molecule has 0 saturated carbocycles. The predicted molar refractivity (Wildman–Crippen MR) is 87.9 cm³/mol. The van der Waals surface area contributed by atoms with Gasteiger partial charge in [0.2, 0.25) is 0 Å². The Morgan fingerprint density at radius 1 is 1.05 bits per heavy atom. The van der Waals surface area contributed by atoms with Crippen LogP contribution in [0.15, 0.2) is 59.0 Å². The fourth-order valence-corrected chi connectivity index (χ4v) is 3.86. The Morgan fingerprint density at radius 2 is 1.86 bits per heavy atom. The van der Waals surface area contributed by atoms with Crippen molar-refractivity contribution in [2.24, 2.45) is 0 Å². The quantitative estimate of drug-likeness (QED) is 0.711. The van der Waals surface area contributed by atoms with Crippen molar-refractivity contribution < 1.29 is 4.42 Å². The topological polar surface area (TPSA) is 29.3 Å². The smallest absolute Gasteiger partial charge is 0.298 e. The molecule has 1 fully saturated rings. The Bertz CT molecular complexity index is 708. The number of nitrogens with zero attached hydrogens (tertiary/aromatic N) is 2. The summed E-state index contributed by atoms with van der Waals surface area (Å²) >= 11 is 1.99. The predicted octanol–water partition coefficient (Wildman–Crippen LogP) is 4.12. The van der Waals surface area contributed by atoms with E-state index in [1.165, 1.54) is 5.56 Å². The maximum absolute atomic E-state index is 5.96. The highest BCUT2D eigenvalue weighted by Gasteiger charge is 2.27. The lowest BCUT2D eigenvalue weighted by Gasteiger charge is -2.34. The highest BCUT2D eigenvalue weighted by molar-refractivity contribution is 7.99. The molecule has 1 aromatic heterocycles. The molecule has 1 aliphatic rings. The van der Waals surface area contributed by atoms with Crippen molar-refractivity contribution in [1.29, 1.82) is 0 Å². The van der Waals surface area contributed by atoms with E-state index in [2.05, 4.69) is 40.2 Å². The molecule has 0 aliphatic carbocycles. The summed E-state index contributed by atoms with van der Waals surface area (Å²) in [4.78, 5) is 6.96. The lowest BCUT2D eigenvalue weighted by molar-refractivity contribution is 0.538. The van der Waals surface area contributed by atoms with Gasteiger partial charge in [-0.25, -0.2) is 0 Å². The first kappa shape index (κ1) is 12.8. The molecule has 0 spiro atoms. The molecule has 4 rings (SSSR count). The summed E-state index contributed by atoms with van der Waals surface area (Å²) in [7, 11) is 0. The number of benzene rings is 2. The van der Waals surface area contributed by atoms with Gasteiger partial charge in [-0.05, 0) is 17.7 Å². The van der Waals surface area contributed by atoms with Gasteiger partial charge >= 0.3 is 0 Å². The number of oxazole rings is 1. The van der Waals surface area contributed by atoms with E-state index < -0.39 is 0 Å². The summed E-state index contributed by atoms with van der Waals surface area (Å²) in [6.07, 6.45) is 0. The standard InChI is InChI=1S/C17H16N2OS/c1-2-6-13(7-3-1)15-12-21-11-10-19(15)17-18-14-8-4-5-9-16(14)20-17/h1-9,15H,10-12H2/t15-/m0/s1. The minimum absolute atomic E-state index is 0.331. The number of hydrogen-bond acceptors (Lipinski definition) is 4. The van der Waals surface area contributed by atoms with Crippen molar-refractivity contribution in [2.75, 3.05) is 23.0 Å². The third kappa shape index (κ3) is 2.40. The third-order valence-corrected chi connectivity index (χ3v) is 4.86. The Labute approximate surface area is 128 Å². The van der Waals surface area contributed by atoms with E-state index in [1.807, 2.05) is 36.0 Å². The fraction of sp³-hybridized carbons (Fsp3) is 0.235. The molecule has 21 heavy (non-hydrogen) atoms. The fourth-order valence-electron chi connectivity index (χ4n) is 2.77. The molecule has 0 unspecified atom stereocenters. The second-order valence-corrected chi connectivity index (χ2v) is 6.31. The number of anilines is 1. The van der Waals surface area contributed by atoms with E-state index in [9.17, 15) is 0 Å². The van der Waals surface area contributed by atoms with Gasteiger partial charge in [-0.1, -0.05) is 42.5 Å². The molecule has 1 atom stereocenters. The van der Waals surface area contributed by atoms with E-state index in [0.29, 0.717) is 6.04 Å². The Morgan fingerprint density at radius 3 is 2.71 bits per heavy atom. The van der Waals surface area contributed by atoms with Crippen LogP contribution in [0.1, 0.15) is 11.6 Å². The first-order valence-corrected chi connectivity index (χ1v) is 8.32. The molecule has 1 saturated heterocycles. The molecule has 3 nitrogen and oxygen atoms in total. The number of para-hydroxylation sites is 2. The van der Waals surface area contributed by atoms with Gasteiger partial charge in [-0.3, -0.25) is 0 Å². The van der Waals surface area contributed by atoms with E-state index in [0.717, 1.165) is 35.2 Å². The van der Waals surface area contributed by atoms with Crippen molar-refractivity contribution in [2.45, 2.75) is 6.04 Å². The molecule has 106 valence electrons. The number of rotatable bonds is 2. The zero-order valence-electron chi connectivity index (χ0n) is 11.6. The summed E-state index contributed by atoms with van der Waals surface area (Å²) in [5.74, 6) is 2.19. The maximum Gasteiger partial charge on any atom is 0.298 e. The molecule has 2 heterocycles. The van der Waals surface area contributed by atoms with E-state index in [1.54, 1.807) is 0 Å². The van der Waals surface area contributed by atoms with Crippen LogP contribution in [0.3, 0.4) is 0 Å². The zero-order chi connectivity index (χ0) is 14.1. The maximum atomic E-state index is 5.96. The van der Waals surface area contributed by atoms with Crippen LogP contribution in [-0.4, -0.2) is 23.0 Å². The second-order valence-electron chi connectivity index (χ2n) is 5.16. The largest absolute Gasteiger partial charge is 0.423 e. The molecule has 4 heteroatoms. The SMILES string of the molecule is c1ccc([C@@H]2CSCCN2c2nc3ccccc3o2)cc1. The number of fused-ring (bicyclic) bond motifs is 1. The Kier molecular flexibility index (Phi) is 3.31. The van der Waals surface area contributed by atoms with Crippen LogP contribution in [-0.2, 0) is 0 Å². The Balaban J connectivity index is 1.73. The Hall–Kier alpha value is -1.94. The molecule has 1 aliphatic heterocycles. The summed E-state index contributed by atoms with van der Waals surface area (Å²) in [6, 6.07) is 19.6. The van der Waals surface area contributed by atoms with Crippen molar-refractivity contribution >= 4 is 28.9 Å². The van der Waals surface area contributed by atoms with Crippen LogP contribution in [0.2, 0.25) is 0 Å². The lowest BCUT2D eigenvalue weighted by atomic mass is 10.1. The molecule has 0 bridgehead atoms. The van der Waals surface area contributed by atoms with Gasteiger partial charge in [0.15, 0.2) is 5.58 Å². The molecular formula is C17H16N2OS. The van der Waals surface area contributed by atoms with Crippen LogP contribution < -0.4 is 4.90 Å². The number of aromatic nitrogens is 1. The molecule has 0 radical (unpaired) electrons. The number of hydrogen-bond donors (Lipinski definition) is 0. The molecular weight excluding hydrogens is 280 g/mol. The highest BCUT2D eigenvalue weighted by atomic mass is 32.2. The van der Waals surface area contributed by atoms with Gasteiger partial charge in [0.25, 0.3) is 6.01 Å².